The van der Waals surface area contributed by atoms with Gasteiger partial charge in [-0.3, -0.25) is 0 Å². The summed E-state index contributed by atoms with van der Waals surface area (Å²) in [6.45, 7) is 0.654. The van der Waals surface area contributed by atoms with E-state index < -0.39 is 0 Å². The van der Waals surface area contributed by atoms with Gasteiger partial charge in [-0.15, -0.1) is 5.56 Å². The molecular weight excluding hydrogens is 216 g/mol. The van der Waals surface area contributed by atoms with Crippen LogP contribution < -0.4 is 17.0 Å². The van der Waals surface area contributed by atoms with E-state index in [1.54, 1.807) is 7.11 Å². The van der Waals surface area contributed by atoms with E-state index in [2.05, 4.69) is 6.07 Å². The Morgan fingerprint density at radius 1 is 1.45 bits per heavy atom. The molecule has 0 radical (unpaired) electrons. The first-order valence-electron chi connectivity index (χ1n) is 2.88. The van der Waals surface area contributed by atoms with Gasteiger partial charge in [-0.2, -0.15) is 30.3 Å². The van der Waals surface area contributed by atoms with Crippen LogP contribution in [0, 0.1) is 6.07 Å². The van der Waals surface area contributed by atoms with Gasteiger partial charge in [0, 0.05) is 13.7 Å². The molecule has 0 bridgehead atoms. The van der Waals surface area contributed by atoms with Crippen molar-refractivity contribution in [3.8, 4) is 0 Å². The van der Waals surface area contributed by atoms with Crippen LogP contribution in [0.1, 0.15) is 5.56 Å². The van der Waals surface area contributed by atoms with Crippen molar-refractivity contribution in [3.05, 3.63) is 35.9 Å². The molecule has 0 aliphatic heterocycles. The summed E-state index contributed by atoms with van der Waals surface area (Å²) in [5, 5.41) is 0. The van der Waals surface area contributed by atoms with Crippen LogP contribution in [-0.4, -0.2) is 30.2 Å². The SMILES string of the molecule is COCc1[c-]cccc1.[Br-].[Mg+2]. The molecule has 0 heterocycles. The molecule has 1 rings (SSSR count). The summed E-state index contributed by atoms with van der Waals surface area (Å²) in [5.41, 5.74) is 1.10. The van der Waals surface area contributed by atoms with Crippen molar-refractivity contribution in [3.63, 3.8) is 0 Å². The van der Waals surface area contributed by atoms with E-state index in [1.165, 1.54) is 0 Å². The van der Waals surface area contributed by atoms with Crippen molar-refractivity contribution in [1.82, 2.24) is 0 Å². The van der Waals surface area contributed by atoms with Gasteiger partial charge in [0.15, 0.2) is 0 Å². The summed E-state index contributed by atoms with van der Waals surface area (Å²) >= 11 is 0. The average molecular weight is 225 g/mol. The van der Waals surface area contributed by atoms with Crippen LogP contribution in [0.25, 0.3) is 0 Å². The van der Waals surface area contributed by atoms with Crippen LogP contribution in [-0.2, 0) is 11.3 Å². The van der Waals surface area contributed by atoms with Gasteiger partial charge in [0.05, 0.1) is 0 Å². The first kappa shape index (κ1) is 14.0. The third kappa shape index (κ3) is 5.67. The van der Waals surface area contributed by atoms with Gasteiger partial charge >= 0.3 is 23.1 Å². The third-order valence-corrected chi connectivity index (χ3v) is 1.07. The average Bonchev–Trinajstić information content (AvgIpc) is 1.91. The van der Waals surface area contributed by atoms with Crippen molar-refractivity contribution in [1.29, 1.82) is 0 Å². The van der Waals surface area contributed by atoms with Gasteiger partial charge in [-0.25, -0.2) is 0 Å². The van der Waals surface area contributed by atoms with Crippen molar-refractivity contribution < 1.29 is 21.7 Å². The standard InChI is InChI=1S/C8H9O.BrH.Mg/c1-9-7-8-5-3-2-4-6-8;;/h2-5H,7H2,1H3;1H;/q-1;;+2/p-1. The van der Waals surface area contributed by atoms with Gasteiger partial charge in [-0.05, 0) is 0 Å². The Balaban J connectivity index is 0. The van der Waals surface area contributed by atoms with Crippen LogP contribution in [0.2, 0.25) is 0 Å². The maximum Gasteiger partial charge on any atom is 2.00 e. The third-order valence-electron chi connectivity index (χ3n) is 1.07. The fourth-order valence-electron chi connectivity index (χ4n) is 0.676. The van der Waals surface area contributed by atoms with E-state index in [4.69, 9.17) is 4.74 Å². The molecule has 0 saturated carbocycles. The van der Waals surface area contributed by atoms with Crippen LogP contribution in [0.5, 0.6) is 0 Å². The van der Waals surface area contributed by atoms with Crippen molar-refractivity contribution in [2.45, 2.75) is 6.61 Å². The normalized spacial score (nSPS) is 7.73. The van der Waals surface area contributed by atoms with Gasteiger partial charge < -0.3 is 21.7 Å². The monoisotopic (exact) mass is 224 g/mol. The summed E-state index contributed by atoms with van der Waals surface area (Å²) in [4.78, 5) is 0. The molecule has 0 atom stereocenters. The molecule has 56 valence electrons. The molecule has 11 heavy (non-hydrogen) atoms. The Bertz CT molecular complexity index is 167. The molecule has 0 spiro atoms. The molecule has 1 aromatic carbocycles. The van der Waals surface area contributed by atoms with Crippen molar-refractivity contribution in [2.24, 2.45) is 0 Å². The number of hydrogen-bond donors (Lipinski definition) is 0. The summed E-state index contributed by atoms with van der Waals surface area (Å²) in [7, 11) is 1.68. The van der Waals surface area contributed by atoms with Crippen LogP contribution >= 0.6 is 0 Å². The second-order valence-electron chi connectivity index (χ2n) is 1.82. The second kappa shape index (κ2) is 8.52. The Hall–Kier alpha value is 0.426. The smallest absolute Gasteiger partial charge is 1.00 e. The molecule has 1 aromatic rings. The first-order valence-corrected chi connectivity index (χ1v) is 2.88. The first-order chi connectivity index (χ1) is 4.43. The molecular formula is C8H9BrMgO. The molecule has 0 aliphatic carbocycles. The maximum absolute atomic E-state index is 4.90. The quantitative estimate of drug-likeness (QED) is 0.429. The Labute approximate surface area is 94.1 Å². The second-order valence-corrected chi connectivity index (χ2v) is 1.82. The largest absolute Gasteiger partial charge is 2.00 e. The van der Waals surface area contributed by atoms with Gasteiger partial charge in [0.2, 0.25) is 0 Å². The van der Waals surface area contributed by atoms with Gasteiger partial charge in [-0.1, -0.05) is 0 Å². The number of hydrogen-bond acceptors (Lipinski definition) is 1. The van der Waals surface area contributed by atoms with Crippen molar-refractivity contribution in [2.75, 3.05) is 7.11 Å². The topological polar surface area (TPSA) is 9.23 Å². The summed E-state index contributed by atoms with van der Waals surface area (Å²) in [6, 6.07) is 10.8. The summed E-state index contributed by atoms with van der Waals surface area (Å²) in [6.07, 6.45) is 0. The minimum Gasteiger partial charge on any atom is -1.00 e. The van der Waals surface area contributed by atoms with E-state index in [9.17, 15) is 0 Å². The maximum atomic E-state index is 4.90. The van der Waals surface area contributed by atoms with Crippen LogP contribution in [0.4, 0.5) is 0 Å². The van der Waals surface area contributed by atoms with E-state index in [0.29, 0.717) is 6.61 Å². The Morgan fingerprint density at radius 3 is 2.64 bits per heavy atom. The predicted octanol–water partition coefficient (Wildman–Crippen LogP) is -1.74. The van der Waals surface area contributed by atoms with Gasteiger partial charge in [0.1, 0.15) is 0 Å². The number of rotatable bonds is 2. The molecule has 0 aromatic heterocycles. The Kier molecular flexibility index (Phi) is 10.8. The minimum atomic E-state index is 0. The molecule has 0 N–H and O–H groups in total. The van der Waals surface area contributed by atoms with E-state index >= 15 is 0 Å². The summed E-state index contributed by atoms with van der Waals surface area (Å²) < 4.78 is 4.90. The van der Waals surface area contributed by atoms with E-state index in [1.807, 2.05) is 24.3 Å². The van der Waals surface area contributed by atoms with Crippen LogP contribution in [0.3, 0.4) is 0 Å². The zero-order valence-corrected chi connectivity index (χ0v) is 9.51. The number of ether oxygens (including phenoxy) is 1. The number of methoxy groups -OCH3 is 1. The fraction of sp³-hybridized carbons (Fsp3) is 0.250. The number of benzene rings is 1. The zero-order valence-electron chi connectivity index (χ0n) is 6.51. The fourth-order valence-corrected chi connectivity index (χ4v) is 0.676. The van der Waals surface area contributed by atoms with Crippen molar-refractivity contribution >= 4 is 23.1 Å². The van der Waals surface area contributed by atoms with E-state index in [0.717, 1.165) is 5.56 Å². The Morgan fingerprint density at radius 2 is 2.18 bits per heavy atom. The molecule has 1 nitrogen and oxygen atoms in total. The molecule has 0 amide bonds. The molecule has 0 saturated heterocycles. The molecule has 0 fully saturated rings. The number of halogens is 1. The molecule has 0 unspecified atom stereocenters. The van der Waals surface area contributed by atoms with E-state index in [-0.39, 0.29) is 40.0 Å². The minimum absolute atomic E-state index is 0. The zero-order chi connectivity index (χ0) is 6.53. The van der Waals surface area contributed by atoms with Crippen LogP contribution in [0.15, 0.2) is 24.3 Å². The summed E-state index contributed by atoms with van der Waals surface area (Å²) in [5.74, 6) is 0. The predicted molar refractivity (Wildman–Crippen MR) is 41.7 cm³/mol. The molecule has 0 aliphatic rings. The molecule has 3 heteroatoms. The van der Waals surface area contributed by atoms with Gasteiger partial charge in [0.25, 0.3) is 0 Å².